The van der Waals surface area contributed by atoms with Crippen LogP contribution in [-0.2, 0) is 5.41 Å². The molecular formula is C25H25N3O4. The predicted octanol–water partition coefficient (Wildman–Crippen LogP) is 3.59. The van der Waals surface area contributed by atoms with Crippen molar-refractivity contribution in [2.75, 3.05) is 13.3 Å². The van der Waals surface area contributed by atoms with Gasteiger partial charge in [0.2, 0.25) is 6.79 Å². The molecule has 0 atom stereocenters. The quantitative estimate of drug-likeness (QED) is 0.668. The molecule has 1 amide bonds. The van der Waals surface area contributed by atoms with E-state index in [0.717, 1.165) is 42.7 Å². The normalized spacial score (nSPS) is 16.5. The molecule has 1 aliphatic carbocycles. The number of rotatable bonds is 5. The van der Waals surface area contributed by atoms with Gasteiger partial charge in [0.1, 0.15) is 5.69 Å². The van der Waals surface area contributed by atoms with Crippen LogP contribution in [0.5, 0.6) is 11.5 Å². The average Bonchev–Trinajstić information content (AvgIpc) is 3.32. The summed E-state index contributed by atoms with van der Waals surface area (Å²) in [6, 6.07) is 18.0. The summed E-state index contributed by atoms with van der Waals surface area (Å²) >= 11 is 0. The molecule has 1 aliphatic heterocycles. The highest BCUT2D eigenvalue weighted by Gasteiger charge is 2.35. The van der Waals surface area contributed by atoms with Crippen LogP contribution in [0.25, 0.3) is 5.69 Å². The number of ether oxygens (including phenoxy) is 2. The fraction of sp³-hybridized carbons (Fsp3) is 0.320. The van der Waals surface area contributed by atoms with Crippen LogP contribution in [0.2, 0.25) is 0 Å². The molecule has 0 bridgehead atoms. The summed E-state index contributed by atoms with van der Waals surface area (Å²) in [5.74, 6) is 1.23. The zero-order valence-electron chi connectivity index (χ0n) is 17.8. The fourth-order valence-corrected chi connectivity index (χ4v) is 4.65. The van der Waals surface area contributed by atoms with Crippen molar-refractivity contribution in [1.82, 2.24) is 15.1 Å². The van der Waals surface area contributed by atoms with Gasteiger partial charge in [-0.25, -0.2) is 0 Å². The third kappa shape index (κ3) is 3.86. The average molecular weight is 431 g/mol. The third-order valence-electron chi connectivity index (χ3n) is 6.42. The summed E-state index contributed by atoms with van der Waals surface area (Å²) in [4.78, 5) is 25.3. The highest BCUT2D eigenvalue weighted by molar-refractivity contribution is 5.92. The Morgan fingerprint density at radius 1 is 0.969 bits per heavy atom. The van der Waals surface area contributed by atoms with Crippen LogP contribution in [0.15, 0.2) is 65.5 Å². The van der Waals surface area contributed by atoms with Crippen molar-refractivity contribution >= 4 is 5.91 Å². The van der Waals surface area contributed by atoms with Gasteiger partial charge >= 0.3 is 0 Å². The molecule has 0 unspecified atom stereocenters. The van der Waals surface area contributed by atoms with Gasteiger partial charge in [0.05, 0.1) is 5.69 Å². The van der Waals surface area contributed by atoms with Crippen molar-refractivity contribution in [1.29, 1.82) is 0 Å². The van der Waals surface area contributed by atoms with Crippen LogP contribution in [0.4, 0.5) is 0 Å². The van der Waals surface area contributed by atoms with Crippen LogP contribution < -0.4 is 20.3 Å². The second-order valence-electron chi connectivity index (χ2n) is 8.40. The van der Waals surface area contributed by atoms with Crippen molar-refractivity contribution in [3.05, 3.63) is 82.3 Å². The lowest BCUT2D eigenvalue weighted by atomic mass is 9.69. The molecule has 3 aromatic rings. The number of carbonyl (C=O) groups excluding carboxylic acids is 1. The number of benzene rings is 2. The first-order chi connectivity index (χ1) is 15.6. The second-order valence-corrected chi connectivity index (χ2v) is 8.40. The van der Waals surface area contributed by atoms with Gasteiger partial charge in [-0.2, -0.15) is 9.78 Å². The molecule has 1 saturated carbocycles. The van der Waals surface area contributed by atoms with Gasteiger partial charge in [0, 0.05) is 18.0 Å². The van der Waals surface area contributed by atoms with E-state index in [9.17, 15) is 9.59 Å². The highest BCUT2D eigenvalue weighted by atomic mass is 16.7. The third-order valence-corrected chi connectivity index (χ3v) is 6.42. The van der Waals surface area contributed by atoms with E-state index in [1.54, 1.807) is 12.1 Å². The molecule has 1 N–H and O–H groups in total. The van der Waals surface area contributed by atoms with Gasteiger partial charge in [-0.3, -0.25) is 9.59 Å². The van der Waals surface area contributed by atoms with Crippen LogP contribution in [0.3, 0.4) is 0 Å². The maximum atomic E-state index is 13.0. The van der Waals surface area contributed by atoms with Crippen LogP contribution in [0, 0.1) is 0 Å². The summed E-state index contributed by atoms with van der Waals surface area (Å²) < 4.78 is 12.3. The molecule has 164 valence electrons. The lowest BCUT2D eigenvalue weighted by Crippen LogP contribution is -2.42. The van der Waals surface area contributed by atoms with E-state index in [1.165, 1.54) is 23.2 Å². The minimum Gasteiger partial charge on any atom is -0.454 e. The molecule has 0 saturated heterocycles. The van der Waals surface area contributed by atoms with E-state index >= 15 is 0 Å². The predicted molar refractivity (Wildman–Crippen MR) is 119 cm³/mol. The Bertz CT molecular complexity index is 1180. The first kappa shape index (κ1) is 20.3. The molecular weight excluding hydrogens is 406 g/mol. The molecule has 1 aromatic heterocycles. The Morgan fingerprint density at radius 3 is 2.56 bits per heavy atom. The number of aromatic nitrogens is 2. The summed E-state index contributed by atoms with van der Waals surface area (Å²) in [7, 11) is 0. The maximum Gasteiger partial charge on any atom is 0.271 e. The van der Waals surface area contributed by atoms with Crippen molar-refractivity contribution in [2.24, 2.45) is 0 Å². The van der Waals surface area contributed by atoms with E-state index in [1.807, 2.05) is 30.3 Å². The first-order valence-electron chi connectivity index (χ1n) is 11.0. The van der Waals surface area contributed by atoms with E-state index < -0.39 is 0 Å². The molecule has 0 radical (unpaired) electrons. The van der Waals surface area contributed by atoms with Crippen molar-refractivity contribution in [2.45, 2.75) is 37.5 Å². The Morgan fingerprint density at radius 2 is 1.75 bits per heavy atom. The summed E-state index contributed by atoms with van der Waals surface area (Å²) in [6.07, 6.45) is 5.40. The molecule has 7 nitrogen and oxygen atoms in total. The van der Waals surface area contributed by atoms with Gasteiger partial charge in [-0.1, -0.05) is 43.5 Å². The monoisotopic (exact) mass is 431 g/mol. The molecule has 1 fully saturated rings. The van der Waals surface area contributed by atoms with E-state index in [0.29, 0.717) is 12.2 Å². The molecule has 2 heterocycles. The fourth-order valence-electron chi connectivity index (χ4n) is 4.65. The second kappa shape index (κ2) is 8.49. The van der Waals surface area contributed by atoms with Crippen LogP contribution >= 0.6 is 0 Å². The number of nitrogens with one attached hydrogen (secondary N) is 1. The van der Waals surface area contributed by atoms with Gasteiger partial charge in [-0.05, 0) is 48.7 Å². The largest absolute Gasteiger partial charge is 0.454 e. The smallest absolute Gasteiger partial charge is 0.271 e. The number of hydrogen-bond acceptors (Lipinski definition) is 5. The minimum absolute atomic E-state index is 0.164. The lowest BCUT2D eigenvalue weighted by Gasteiger charge is -2.38. The summed E-state index contributed by atoms with van der Waals surface area (Å²) in [6.45, 7) is 0.739. The number of carbonyl (C=O) groups is 1. The molecule has 0 spiro atoms. The van der Waals surface area contributed by atoms with Crippen molar-refractivity contribution in [3.63, 3.8) is 0 Å². The minimum atomic E-state index is -0.291. The lowest BCUT2D eigenvalue weighted by molar-refractivity contribution is 0.0930. The zero-order valence-corrected chi connectivity index (χ0v) is 17.8. The number of hydrogen-bond donors (Lipinski definition) is 1. The van der Waals surface area contributed by atoms with Crippen molar-refractivity contribution in [3.8, 4) is 17.2 Å². The number of amides is 1. The Balaban J connectivity index is 1.38. The van der Waals surface area contributed by atoms with Crippen LogP contribution in [0.1, 0.15) is 48.2 Å². The molecule has 2 aliphatic rings. The van der Waals surface area contributed by atoms with E-state index in [4.69, 9.17) is 9.47 Å². The molecule has 5 rings (SSSR count). The Kier molecular flexibility index (Phi) is 5.39. The topological polar surface area (TPSA) is 82.5 Å². The highest BCUT2D eigenvalue weighted by Crippen LogP contribution is 2.43. The van der Waals surface area contributed by atoms with Gasteiger partial charge in [-0.15, -0.1) is 0 Å². The summed E-state index contributed by atoms with van der Waals surface area (Å²) in [5, 5.41) is 7.39. The van der Waals surface area contributed by atoms with Crippen LogP contribution in [-0.4, -0.2) is 29.0 Å². The Labute approximate surface area is 186 Å². The zero-order chi connectivity index (χ0) is 22.0. The number of fused-ring (bicyclic) bond motifs is 1. The van der Waals surface area contributed by atoms with E-state index in [-0.39, 0.29) is 29.4 Å². The maximum absolute atomic E-state index is 13.0. The standard InChI is InChI=1S/C25H25N3O4/c29-23-12-10-20(27-28(23)19-7-3-1-4-8-19)24(30)26-16-25(13-5-2-6-14-25)18-9-11-21-22(15-18)32-17-31-21/h1,3-4,7-12,15H,2,5-6,13-14,16-17H2,(H,26,30). The molecule has 7 heteroatoms. The number of para-hydroxylation sites is 1. The summed E-state index contributed by atoms with van der Waals surface area (Å²) in [5.41, 5.74) is 1.55. The molecule has 32 heavy (non-hydrogen) atoms. The molecule has 2 aromatic carbocycles. The Hall–Kier alpha value is -3.61. The SMILES string of the molecule is O=C(NCC1(c2ccc3c(c2)OCO3)CCCCC1)c1ccc(=O)n(-c2ccccc2)n1. The van der Waals surface area contributed by atoms with Gasteiger partial charge in [0.25, 0.3) is 11.5 Å². The van der Waals surface area contributed by atoms with Gasteiger partial charge in [0.15, 0.2) is 11.5 Å². The first-order valence-corrected chi connectivity index (χ1v) is 11.0. The van der Waals surface area contributed by atoms with Crippen molar-refractivity contribution < 1.29 is 14.3 Å². The van der Waals surface area contributed by atoms with E-state index in [2.05, 4.69) is 16.5 Å². The number of nitrogens with zero attached hydrogens (tertiary/aromatic N) is 2. The van der Waals surface area contributed by atoms with Gasteiger partial charge < -0.3 is 14.8 Å².